The average Bonchev–Trinajstić information content (AvgIpc) is 2.88. The van der Waals surface area contributed by atoms with Gasteiger partial charge < -0.3 is 0 Å². The zero-order chi connectivity index (χ0) is 23.1. The molecule has 4 heteroatoms. The van der Waals surface area contributed by atoms with Crippen molar-refractivity contribution >= 4 is 21.8 Å². The summed E-state index contributed by atoms with van der Waals surface area (Å²) in [4.78, 5) is 9.50. The second-order valence-corrected chi connectivity index (χ2v) is 8.22. The van der Waals surface area contributed by atoms with Gasteiger partial charge in [-0.05, 0) is 96.1 Å². The summed E-state index contributed by atoms with van der Waals surface area (Å²) in [5.74, 6) is -0.516. The molecule has 0 aliphatic heterocycles. The van der Waals surface area contributed by atoms with Crippen LogP contribution in [0.15, 0.2) is 109 Å². The lowest BCUT2D eigenvalue weighted by Gasteiger charge is -2.08. The highest BCUT2D eigenvalue weighted by Gasteiger charge is 2.07. The molecule has 0 aliphatic rings. The number of benzene rings is 4. The number of rotatable bonds is 3. The highest BCUT2D eigenvalue weighted by Crippen LogP contribution is 2.29. The molecule has 0 aliphatic carbocycles. The van der Waals surface area contributed by atoms with Crippen molar-refractivity contribution in [3.63, 3.8) is 0 Å². The fourth-order valence-corrected chi connectivity index (χ4v) is 4.17. The molecule has 6 aromatic rings. The van der Waals surface area contributed by atoms with Gasteiger partial charge in [0.2, 0.25) is 0 Å². The van der Waals surface area contributed by atoms with Crippen LogP contribution in [0, 0.1) is 11.6 Å². The molecule has 2 aromatic heterocycles. The number of nitrogens with zero attached hydrogens (tertiary/aromatic N) is 2. The van der Waals surface area contributed by atoms with Crippen molar-refractivity contribution in [2.75, 3.05) is 0 Å². The second-order valence-electron chi connectivity index (χ2n) is 8.22. The Kier molecular flexibility index (Phi) is 4.84. The maximum atomic E-state index is 13.2. The Morgan fingerprint density at radius 3 is 1.18 bits per heavy atom. The van der Waals surface area contributed by atoms with Gasteiger partial charge in [0.25, 0.3) is 0 Å². The van der Waals surface area contributed by atoms with Crippen LogP contribution in [0.3, 0.4) is 0 Å². The van der Waals surface area contributed by atoms with Gasteiger partial charge in [0.1, 0.15) is 11.6 Å². The van der Waals surface area contributed by atoms with Crippen molar-refractivity contribution in [2.24, 2.45) is 0 Å². The first-order valence-corrected chi connectivity index (χ1v) is 11.0. The van der Waals surface area contributed by atoms with E-state index in [0.717, 1.165) is 55.4 Å². The summed E-state index contributed by atoms with van der Waals surface area (Å²) in [6.07, 6.45) is 0. The molecule has 0 radical (unpaired) electrons. The van der Waals surface area contributed by atoms with Gasteiger partial charge >= 0.3 is 0 Å². The van der Waals surface area contributed by atoms with Crippen LogP contribution in [-0.2, 0) is 0 Å². The summed E-state index contributed by atoms with van der Waals surface area (Å²) >= 11 is 0. The molecule has 0 spiro atoms. The molecule has 34 heavy (non-hydrogen) atoms. The number of halogens is 2. The topological polar surface area (TPSA) is 25.8 Å². The third-order valence-electron chi connectivity index (χ3n) is 5.99. The minimum absolute atomic E-state index is 0.258. The third-order valence-corrected chi connectivity index (χ3v) is 5.99. The summed E-state index contributed by atoms with van der Waals surface area (Å²) in [5, 5.41) is 2.07. The number of fused-ring (bicyclic) bond motifs is 2. The molecule has 6 rings (SSSR count). The molecule has 0 atom stereocenters. The van der Waals surface area contributed by atoms with Gasteiger partial charge in [0.15, 0.2) is 0 Å². The van der Waals surface area contributed by atoms with Crippen LogP contribution >= 0.6 is 0 Å². The lowest BCUT2D eigenvalue weighted by atomic mass is 10.0. The van der Waals surface area contributed by atoms with E-state index in [1.807, 2.05) is 36.4 Å². The zero-order valence-electron chi connectivity index (χ0n) is 18.0. The standard InChI is InChI=1S/C30H18F2N2/c31-25-9-1-19(2-10-25)27-15-7-23-17-21(5-13-29(23)33-27)22-6-14-30-24(18-22)8-16-28(34-30)20-3-11-26(32)12-4-20/h1-18H. The van der Waals surface area contributed by atoms with E-state index >= 15 is 0 Å². The lowest BCUT2D eigenvalue weighted by molar-refractivity contribution is 0.627. The first kappa shape index (κ1) is 20.2. The van der Waals surface area contributed by atoms with Crippen LogP contribution < -0.4 is 0 Å². The predicted molar refractivity (Wildman–Crippen MR) is 133 cm³/mol. The van der Waals surface area contributed by atoms with E-state index in [-0.39, 0.29) is 11.6 Å². The Morgan fingerprint density at radius 1 is 0.382 bits per heavy atom. The Labute approximate surface area is 195 Å². The molecule has 2 heterocycles. The first-order valence-electron chi connectivity index (χ1n) is 11.0. The minimum atomic E-state index is -0.258. The van der Waals surface area contributed by atoms with Gasteiger partial charge in [-0.2, -0.15) is 0 Å². The van der Waals surface area contributed by atoms with Crippen molar-refractivity contribution in [3.05, 3.63) is 121 Å². The van der Waals surface area contributed by atoms with E-state index < -0.39 is 0 Å². The fraction of sp³-hybridized carbons (Fsp3) is 0. The van der Waals surface area contributed by atoms with Crippen molar-refractivity contribution in [1.82, 2.24) is 9.97 Å². The Bertz CT molecular complexity index is 1530. The van der Waals surface area contributed by atoms with Gasteiger partial charge in [0, 0.05) is 21.9 Å². The third kappa shape index (κ3) is 3.80. The summed E-state index contributed by atoms with van der Waals surface area (Å²) in [6.45, 7) is 0. The maximum Gasteiger partial charge on any atom is 0.123 e. The molecule has 0 fully saturated rings. The summed E-state index contributed by atoms with van der Waals surface area (Å²) in [6, 6.07) is 33.1. The summed E-state index contributed by atoms with van der Waals surface area (Å²) < 4.78 is 26.5. The number of aromatic nitrogens is 2. The average molecular weight is 444 g/mol. The maximum absolute atomic E-state index is 13.2. The predicted octanol–water partition coefficient (Wildman–Crippen LogP) is 8.06. The highest BCUT2D eigenvalue weighted by molar-refractivity contribution is 5.90. The Hall–Kier alpha value is -4.44. The zero-order valence-corrected chi connectivity index (χ0v) is 18.0. The molecular formula is C30H18F2N2. The lowest BCUT2D eigenvalue weighted by Crippen LogP contribution is -1.88. The molecule has 4 aromatic carbocycles. The van der Waals surface area contributed by atoms with E-state index in [1.54, 1.807) is 24.3 Å². The van der Waals surface area contributed by atoms with E-state index in [1.165, 1.54) is 24.3 Å². The summed E-state index contributed by atoms with van der Waals surface area (Å²) in [5.41, 5.74) is 7.35. The van der Waals surface area contributed by atoms with E-state index in [4.69, 9.17) is 9.97 Å². The van der Waals surface area contributed by atoms with Crippen molar-refractivity contribution < 1.29 is 8.78 Å². The molecule has 0 unspecified atom stereocenters. The molecule has 0 saturated carbocycles. The van der Waals surface area contributed by atoms with Gasteiger partial charge in [-0.15, -0.1) is 0 Å². The highest BCUT2D eigenvalue weighted by atomic mass is 19.1. The Morgan fingerprint density at radius 2 is 0.765 bits per heavy atom. The van der Waals surface area contributed by atoms with Crippen molar-refractivity contribution in [1.29, 1.82) is 0 Å². The minimum Gasteiger partial charge on any atom is -0.248 e. The first-order chi connectivity index (χ1) is 16.6. The van der Waals surface area contributed by atoms with Crippen molar-refractivity contribution in [2.45, 2.75) is 0 Å². The molecule has 0 saturated heterocycles. The fourth-order valence-electron chi connectivity index (χ4n) is 4.17. The van der Waals surface area contributed by atoms with Gasteiger partial charge in [0.05, 0.1) is 22.4 Å². The SMILES string of the molecule is Fc1ccc(-c2ccc3cc(-c4ccc5nc(-c6ccc(F)cc6)ccc5c4)ccc3n2)cc1. The molecule has 2 nitrogen and oxygen atoms in total. The van der Waals surface area contributed by atoms with E-state index in [9.17, 15) is 8.78 Å². The van der Waals surface area contributed by atoms with Gasteiger partial charge in [-0.1, -0.05) is 24.3 Å². The Balaban J connectivity index is 1.33. The van der Waals surface area contributed by atoms with Crippen LogP contribution in [0.5, 0.6) is 0 Å². The van der Waals surface area contributed by atoms with Gasteiger partial charge in [-0.25, -0.2) is 18.7 Å². The van der Waals surface area contributed by atoms with Crippen LogP contribution in [0.2, 0.25) is 0 Å². The normalized spacial score (nSPS) is 11.2. The molecular weight excluding hydrogens is 426 g/mol. The van der Waals surface area contributed by atoms with Gasteiger partial charge in [-0.3, -0.25) is 0 Å². The summed E-state index contributed by atoms with van der Waals surface area (Å²) in [7, 11) is 0. The number of hydrogen-bond donors (Lipinski definition) is 0. The largest absolute Gasteiger partial charge is 0.248 e. The van der Waals surface area contributed by atoms with Crippen LogP contribution in [-0.4, -0.2) is 9.97 Å². The second kappa shape index (κ2) is 8.16. The monoisotopic (exact) mass is 444 g/mol. The molecule has 162 valence electrons. The quantitative estimate of drug-likeness (QED) is 0.276. The van der Waals surface area contributed by atoms with Crippen molar-refractivity contribution in [3.8, 4) is 33.6 Å². The molecule has 0 bridgehead atoms. The van der Waals surface area contributed by atoms with E-state index in [0.29, 0.717) is 0 Å². The number of hydrogen-bond acceptors (Lipinski definition) is 2. The van der Waals surface area contributed by atoms with Crippen LogP contribution in [0.4, 0.5) is 8.78 Å². The van der Waals surface area contributed by atoms with Crippen LogP contribution in [0.25, 0.3) is 55.4 Å². The smallest absolute Gasteiger partial charge is 0.123 e. The number of pyridine rings is 2. The van der Waals surface area contributed by atoms with Crippen LogP contribution in [0.1, 0.15) is 0 Å². The molecule has 0 N–H and O–H groups in total. The molecule has 0 amide bonds. The van der Waals surface area contributed by atoms with E-state index in [2.05, 4.69) is 24.3 Å².